The summed E-state index contributed by atoms with van der Waals surface area (Å²) in [4.78, 5) is 28.9. The molecule has 1 saturated heterocycles. The molecule has 210 valence electrons. The first-order valence-electron chi connectivity index (χ1n) is 12.6. The predicted octanol–water partition coefficient (Wildman–Crippen LogP) is 4.14. The van der Waals surface area contributed by atoms with Crippen LogP contribution in [0, 0.1) is 5.82 Å². The quantitative estimate of drug-likeness (QED) is 0.296. The predicted molar refractivity (Wildman–Crippen MR) is 154 cm³/mol. The number of aromatic amines is 1. The number of nitrogens with zero attached hydrogens (tertiary/aromatic N) is 4. The molecule has 40 heavy (non-hydrogen) atoms. The van der Waals surface area contributed by atoms with Crippen LogP contribution in [-0.2, 0) is 14.6 Å². The number of hydrogen-bond acceptors (Lipinski definition) is 8. The molecule has 13 heteroatoms. The summed E-state index contributed by atoms with van der Waals surface area (Å²) in [5, 5.41) is 6.82. The van der Waals surface area contributed by atoms with Crippen LogP contribution in [0.3, 0.4) is 0 Å². The van der Waals surface area contributed by atoms with E-state index in [1.165, 1.54) is 24.4 Å². The molecule has 0 bridgehead atoms. The van der Waals surface area contributed by atoms with Crippen LogP contribution < -0.4 is 10.6 Å². The lowest BCUT2D eigenvalue weighted by Gasteiger charge is -2.35. The van der Waals surface area contributed by atoms with Crippen molar-refractivity contribution in [2.75, 3.05) is 50.1 Å². The molecule has 10 nitrogen and oxygen atoms in total. The van der Waals surface area contributed by atoms with E-state index in [-0.39, 0.29) is 28.6 Å². The first-order chi connectivity index (χ1) is 19.0. The standard InChI is InChI=1S/C27H29ClFN7O3S/c1-16(36-12-10-35(2)11-13-36)26(37)32-21-8-4-6-17-18(14-30-25(17)21)24-19(28)15-31-27(34-24)33-20-7-5-9-22(23(20)29)40(3,38)39/h4-9,14-16,30H,10-13H2,1-3H3,(H,32,37)(H,31,33,34). The van der Waals surface area contributed by atoms with Gasteiger partial charge in [0.1, 0.15) is 4.90 Å². The molecule has 1 aliphatic heterocycles. The highest BCUT2D eigenvalue weighted by molar-refractivity contribution is 7.90. The molecule has 0 saturated carbocycles. The van der Waals surface area contributed by atoms with Crippen LogP contribution in [0.5, 0.6) is 0 Å². The van der Waals surface area contributed by atoms with Gasteiger partial charge < -0.3 is 20.5 Å². The van der Waals surface area contributed by atoms with Crippen molar-refractivity contribution in [2.45, 2.75) is 17.9 Å². The van der Waals surface area contributed by atoms with Crippen molar-refractivity contribution in [2.24, 2.45) is 0 Å². The Kier molecular flexibility index (Phi) is 7.78. The van der Waals surface area contributed by atoms with Crippen LogP contribution >= 0.6 is 11.6 Å². The first-order valence-corrected chi connectivity index (χ1v) is 14.9. The highest BCUT2D eigenvalue weighted by Gasteiger charge is 2.25. The molecule has 0 aliphatic carbocycles. The number of H-pyrrole nitrogens is 1. The van der Waals surface area contributed by atoms with E-state index in [4.69, 9.17) is 11.6 Å². The van der Waals surface area contributed by atoms with E-state index in [0.29, 0.717) is 22.5 Å². The molecule has 4 aromatic rings. The number of likely N-dealkylation sites (N-methyl/N-ethyl adjacent to an activating group) is 1. The summed E-state index contributed by atoms with van der Waals surface area (Å²) in [6.45, 7) is 5.39. The zero-order valence-corrected chi connectivity index (χ0v) is 23.8. The van der Waals surface area contributed by atoms with Crippen LogP contribution in [0.4, 0.5) is 21.7 Å². The molecule has 2 aromatic carbocycles. The fourth-order valence-electron chi connectivity index (χ4n) is 4.70. The Balaban J connectivity index is 1.42. The average Bonchev–Trinajstić information content (AvgIpc) is 3.35. The largest absolute Gasteiger partial charge is 0.359 e. The van der Waals surface area contributed by atoms with Gasteiger partial charge >= 0.3 is 0 Å². The van der Waals surface area contributed by atoms with Gasteiger partial charge in [-0.05, 0) is 32.2 Å². The molecule has 1 amide bonds. The molecule has 3 N–H and O–H groups in total. The van der Waals surface area contributed by atoms with E-state index in [1.54, 1.807) is 6.20 Å². The second-order valence-electron chi connectivity index (χ2n) is 9.84. The van der Waals surface area contributed by atoms with Gasteiger partial charge in [-0.2, -0.15) is 0 Å². The highest BCUT2D eigenvalue weighted by Crippen LogP contribution is 2.35. The lowest BCUT2D eigenvalue weighted by molar-refractivity contribution is -0.121. The number of fused-ring (bicyclic) bond motifs is 1. The summed E-state index contributed by atoms with van der Waals surface area (Å²) in [6, 6.07) is 9.26. The van der Waals surface area contributed by atoms with E-state index < -0.39 is 20.5 Å². The molecule has 5 rings (SSSR count). The van der Waals surface area contributed by atoms with Gasteiger partial charge in [0, 0.05) is 49.6 Å². The Labute approximate surface area is 236 Å². The topological polar surface area (TPSA) is 123 Å². The van der Waals surface area contributed by atoms with Gasteiger partial charge in [-0.15, -0.1) is 0 Å². The number of benzene rings is 2. The van der Waals surface area contributed by atoms with E-state index in [9.17, 15) is 17.6 Å². The second kappa shape index (κ2) is 11.1. The van der Waals surface area contributed by atoms with Crippen molar-refractivity contribution in [1.82, 2.24) is 24.8 Å². The molecule has 2 aromatic heterocycles. The zero-order valence-electron chi connectivity index (χ0n) is 22.2. The Morgan fingerprint density at radius 2 is 1.82 bits per heavy atom. The summed E-state index contributed by atoms with van der Waals surface area (Å²) < 4.78 is 38.7. The average molecular weight is 586 g/mol. The third-order valence-electron chi connectivity index (χ3n) is 7.05. The smallest absolute Gasteiger partial charge is 0.241 e. The van der Waals surface area contributed by atoms with Gasteiger partial charge in [0.15, 0.2) is 15.7 Å². The van der Waals surface area contributed by atoms with Crippen molar-refractivity contribution in [3.8, 4) is 11.3 Å². The normalized spacial score (nSPS) is 15.7. The van der Waals surface area contributed by atoms with Crippen LogP contribution in [0.2, 0.25) is 5.02 Å². The Hall–Kier alpha value is -3.58. The highest BCUT2D eigenvalue weighted by atomic mass is 35.5. The van der Waals surface area contributed by atoms with Gasteiger partial charge in [0.05, 0.1) is 39.8 Å². The van der Waals surface area contributed by atoms with Crippen molar-refractivity contribution in [3.63, 3.8) is 0 Å². The first kappa shape index (κ1) is 28.0. The number of rotatable bonds is 7. The van der Waals surface area contributed by atoms with E-state index in [1.807, 2.05) is 25.1 Å². The lowest BCUT2D eigenvalue weighted by atomic mass is 10.1. The lowest BCUT2D eigenvalue weighted by Crippen LogP contribution is -2.51. The molecule has 3 heterocycles. The molecule has 1 atom stereocenters. The van der Waals surface area contributed by atoms with Gasteiger partial charge in [0.2, 0.25) is 11.9 Å². The maximum atomic E-state index is 14.9. The molecule has 0 spiro atoms. The van der Waals surface area contributed by atoms with E-state index >= 15 is 0 Å². The summed E-state index contributed by atoms with van der Waals surface area (Å²) >= 11 is 6.47. The summed E-state index contributed by atoms with van der Waals surface area (Å²) in [6.07, 6.45) is 4.05. The number of carbonyl (C=O) groups excluding carboxylic acids is 1. The number of piperazine rings is 1. The molecule has 1 aliphatic rings. The Morgan fingerprint density at radius 3 is 2.55 bits per heavy atom. The Morgan fingerprint density at radius 1 is 1.12 bits per heavy atom. The fraction of sp³-hybridized carbons (Fsp3) is 0.296. The summed E-state index contributed by atoms with van der Waals surface area (Å²) in [7, 11) is -1.69. The molecular formula is C27H29ClFN7O3S. The number of anilines is 3. The summed E-state index contributed by atoms with van der Waals surface area (Å²) in [5.74, 6) is -0.995. The number of amides is 1. The number of carbonyl (C=O) groups is 1. The van der Waals surface area contributed by atoms with Crippen LogP contribution in [0.25, 0.3) is 22.2 Å². The van der Waals surface area contributed by atoms with E-state index in [0.717, 1.165) is 37.8 Å². The monoisotopic (exact) mass is 585 g/mol. The van der Waals surface area contributed by atoms with E-state index in [2.05, 4.69) is 42.4 Å². The maximum Gasteiger partial charge on any atom is 0.241 e. The van der Waals surface area contributed by atoms with Crippen molar-refractivity contribution >= 4 is 55.6 Å². The Bertz CT molecular complexity index is 1690. The van der Waals surface area contributed by atoms with Gasteiger partial charge in [-0.25, -0.2) is 22.8 Å². The van der Waals surface area contributed by atoms with Gasteiger partial charge in [-0.1, -0.05) is 29.8 Å². The minimum absolute atomic E-state index is 0.0313. The van der Waals surface area contributed by atoms with Gasteiger partial charge in [0.25, 0.3) is 0 Å². The zero-order chi connectivity index (χ0) is 28.6. The summed E-state index contributed by atoms with van der Waals surface area (Å²) in [5.41, 5.74) is 2.26. The molecule has 0 radical (unpaired) electrons. The number of halogens is 2. The third kappa shape index (κ3) is 5.66. The number of sulfone groups is 1. The van der Waals surface area contributed by atoms with Crippen molar-refractivity contribution in [3.05, 3.63) is 59.6 Å². The van der Waals surface area contributed by atoms with Crippen molar-refractivity contribution < 1.29 is 17.6 Å². The maximum absolute atomic E-state index is 14.9. The third-order valence-corrected chi connectivity index (χ3v) is 8.44. The SMILES string of the molecule is CC(C(=O)Nc1cccc2c(-c3nc(Nc4cccc(S(C)(=O)=O)c4F)ncc3Cl)c[nH]c12)N1CCN(C)CC1. The van der Waals surface area contributed by atoms with Crippen LogP contribution in [0.15, 0.2) is 53.7 Å². The second-order valence-corrected chi connectivity index (χ2v) is 12.2. The van der Waals surface area contributed by atoms with Crippen molar-refractivity contribution in [1.29, 1.82) is 0 Å². The molecule has 1 unspecified atom stereocenters. The minimum Gasteiger partial charge on any atom is -0.359 e. The fourth-order valence-corrected chi connectivity index (χ4v) is 5.65. The molecule has 1 fully saturated rings. The minimum atomic E-state index is -3.77. The number of aromatic nitrogens is 3. The number of hydrogen-bond donors (Lipinski definition) is 3. The molecular weight excluding hydrogens is 557 g/mol. The van der Waals surface area contributed by atoms with Crippen LogP contribution in [-0.4, -0.2) is 84.6 Å². The number of para-hydroxylation sites is 1. The van der Waals surface area contributed by atoms with Crippen LogP contribution in [0.1, 0.15) is 6.92 Å². The van der Waals surface area contributed by atoms with Gasteiger partial charge in [-0.3, -0.25) is 9.69 Å². The number of nitrogens with one attached hydrogen (secondary N) is 3.